The highest BCUT2D eigenvalue weighted by atomic mass is 32.1. The molecule has 0 saturated carbocycles. The third kappa shape index (κ3) is 3.73. The van der Waals surface area contributed by atoms with E-state index in [1.807, 2.05) is 48.7 Å². The zero-order chi connectivity index (χ0) is 12.8. The molecule has 1 heterocycles. The van der Waals surface area contributed by atoms with E-state index in [9.17, 15) is 4.79 Å². The van der Waals surface area contributed by atoms with Crippen LogP contribution in [0.15, 0.2) is 47.9 Å². The number of rotatable bonds is 2. The van der Waals surface area contributed by atoms with E-state index in [1.54, 1.807) is 17.4 Å². The van der Waals surface area contributed by atoms with Crippen molar-refractivity contribution in [3.63, 3.8) is 0 Å². The first-order valence-electron chi connectivity index (χ1n) is 5.58. The molecule has 0 aliphatic rings. The van der Waals surface area contributed by atoms with Crippen molar-refractivity contribution in [3.8, 4) is 11.8 Å². The monoisotopic (exact) mass is 252 g/mol. The Morgan fingerprint density at radius 3 is 2.67 bits per heavy atom. The van der Waals surface area contributed by atoms with E-state index in [0.29, 0.717) is 0 Å². The Morgan fingerprint density at radius 1 is 1.22 bits per heavy atom. The van der Waals surface area contributed by atoms with Crippen LogP contribution in [-0.4, -0.2) is 5.78 Å². The molecule has 1 aromatic carbocycles. The van der Waals surface area contributed by atoms with Gasteiger partial charge in [0.05, 0.1) is 0 Å². The molecule has 0 bridgehead atoms. The van der Waals surface area contributed by atoms with Crippen molar-refractivity contribution in [1.82, 2.24) is 0 Å². The van der Waals surface area contributed by atoms with Crippen LogP contribution in [0.5, 0.6) is 0 Å². The second-order valence-corrected chi connectivity index (χ2v) is 4.81. The van der Waals surface area contributed by atoms with Crippen molar-refractivity contribution < 1.29 is 4.79 Å². The lowest BCUT2D eigenvalue weighted by atomic mass is 10.1. The van der Waals surface area contributed by atoms with Crippen LogP contribution in [0.3, 0.4) is 0 Å². The van der Waals surface area contributed by atoms with Gasteiger partial charge in [0.1, 0.15) is 0 Å². The lowest BCUT2D eigenvalue weighted by Crippen LogP contribution is -1.85. The molecule has 88 valence electrons. The summed E-state index contributed by atoms with van der Waals surface area (Å²) in [4.78, 5) is 12.6. The van der Waals surface area contributed by atoms with Gasteiger partial charge < -0.3 is 0 Å². The smallest absolute Gasteiger partial charge is 0.229 e. The Kier molecular flexibility index (Phi) is 4.11. The highest BCUT2D eigenvalue weighted by molar-refractivity contribution is 7.10. The van der Waals surface area contributed by atoms with Crippen LogP contribution in [0, 0.1) is 18.8 Å². The van der Waals surface area contributed by atoms with E-state index in [4.69, 9.17) is 0 Å². The van der Waals surface area contributed by atoms with Gasteiger partial charge in [-0.25, -0.2) is 0 Å². The lowest BCUT2D eigenvalue weighted by Gasteiger charge is -1.90. The first-order chi connectivity index (χ1) is 8.74. The summed E-state index contributed by atoms with van der Waals surface area (Å²) < 4.78 is 0. The van der Waals surface area contributed by atoms with Gasteiger partial charge in [-0.05, 0) is 48.6 Å². The summed E-state index contributed by atoms with van der Waals surface area (Å²) in [5.41, 5.74) is 2.04. The molecule has 2 heteroatoms. The minimum absolute atomic E-state index is 0.177. The molecule has 0 saturated heterocycles. The fourth-order valence-corrected chi connectivity index (χ4v) is 1.97. The van der Waals surface area contributed by atoms with Gasteiger partial charge in [-0.15, -0.1) is 11.3 Å². The maximum absolute atomic E-state index is 11.5. The maximum atomic E-state index is 11.5. The molecule has 0 spiro atoms. The van der Waals surface area contributed by atoms with E-state index < -0.39 is 0 Å². The van der Waals surface area contributed by atoms with Crippen molar-refractivity contribution in [3.05, 3.63) is 63.9 Å². The summed E-state index contributed by atoms with van der Waals surface area (Å²) in [5, 5.41) is 1.97. The minimum atomic E-state index is -0.177. The number of hydrogen-bond acceptors (Lipinski definition) is 2. The molecule has 0 unspecified atom stereocenters. The fourth-order valence-electron chi connectivity index (χ4n) is 1.36. The van der Waals surface area contributed by atoms with Crippen LogP contribution in [0.1, 0.15) is 16.0 Å². The second kappa shape index (κ2) is 6.00. The quantitative estimate of drug-likeness (QED) is 0.588. The Hall–Kier alpha value is -2.11. The molecular weight excluding hydrogens is 240 g/mol. The zero-order valence-corrected chi connectivity index (χ0v) is 10.8. The third-order valence-corrected chi connectivity index (χ3v) is 3.16. The van der Waals surface area contributed by atoms with Crippen molar-refractivity contribution in [2.75, 3.05) is 0 Å². The minimum Gasteiger partial charge on any atom is -0.280 e. The first-order valence-corrected chi connectivity index (χ1v) is 6.46. The molecule has 18 heavy (non-hydrogen) atoms. The number of thiophene rings is 1. The van der Waals surface area contributed by atoms with Crippen molar-refractivity contribution in [1.29, 1.82) is 0 Å². The molecule has 0 radical (unpaired) electrons. The number of carbonyl (C=O) groups excluding carboxylic acids is 1. The van der Waals surface area contributed by atoms with Gasteiger partial charge in [0.15, 0.2) is 0 Å². The summed E-state index contributed by atoms with van der Waals surface area (Å²) in [7, 11) is 0. The van der Waals surface area contributed by atoms with Gasteiger partial charge in [-0.3, -0.25) is 4.79 Å². The Bertz CT molecular complexity index is 607. The Balaban J connectivity index is 2.02. The molecule has 2 rings (SSSR count). The van der Waals surface area contributed by atoms with E-state index in [1.165, 1.54) is 11.6 Å². The predicted molar refractivity (Wildman–Crippen MR) is 76.4 cm³/mol. The van der Waals surface area contributed by atoms with E-state index >= 15 is 0 Å². The lowest BCUT2D eigenvalue weighted by molar-refractivity contribution is -0.109. The predicted octanol–water partition coefficient (Wildman–Crippen LogP) is 3.69. The van der Waals surface area contributed by atoms with Crippen LogP contribution < -0.4 is 0 Å². The van der Waals surface area contributed by atoms with E-state index in [-0.39, 0.29) is 5.78 Å². The molecule has 0 N–H and O–H groups in total. The number of aryl methyl sites for hydroxylation is 1. The summed E-state index contributed by atoms with van der Waals surface area (Å²) in [5.74, 6) is 5.29. The van der Waals surface area contributed by atoms with Crippen LogP contribution in [0.2, 0.25) is 0 Å². The summed E-state index contributed by atoms with van der Waals surface area (Å²) in [6, 6.07) is 11.7. The topological polar surface area (TPSA) is 17.1 Å². The molecule has 1 nitrogen and oxygen atoms in total. The highest BCUT2D eigenvalue weighted by Gasteiger charge is 1.91. The highest BCUT2D eigenvalue weighted by Crippen LogP contribution is 2.09. The molecule has 0 fully saturated rings. The van der Waals surface area contributed by atoms with Crippen LogP contribution in [0.4, 0.5) is 0 Å². The van der Waals surface area contributed by atoms with Gasteiger partial charge >= 0.3 is 0 Å². The van der Waals surface area contributed by atoms with E-state index in [2.05, 4.69) is 11.8 Å². The van der Waals surface area contributed by atoms with Crippen LogP contribution in [0.25, 0.3) is 6.08 Å². The molecule has 0 atom stereocenters. The normalized spacial score (nSPS) is 10.1. The van der Waals surface area contributed by atoms with Crippen molar-refractivity contribution in [2.24, 2.45) is 0 Å². The number of hydrogen-bond donors (Lipinski definition) is 0. The summed E-state index contributed by atoms with van der Waals surface area (Å²) in [6.07, 6.45) is 3.30. The Morgan fingerprint density at radius 2 is 2.00 bits per heavy atom. The Labute approximate surface area is 111 Å². The summed E-state index contributed by atoms with van der Waals surface area (Å²) in [6.45, 7) is 2.02. The molecule has 0 aliphatic heterocycles. The zero-order valence-electron chi connectivity index (χ0n) is 10.0. The molecular formula is C16H12OS. The number of carbonyl (C=O) groups is 1. The van der Waals surface area contributed by atoms with E-state index in [0.717, 1.165) is 10.4 Å². The fraction of sp³-hybridized carbons (Fsp3) is 0.0625. The first kappa shape index (κ1) is 12.3. The van der Waals surface area contributed by atoms with Crippen LogP contribution in [-0.2, 0) is 4.79 Å². The molecule has 2 aromatic rings. The average Bonchev–Trinajstić information content (AvgIpc) is 2.89. The standard InChI is InChI=1S/C16H12OS/c1-13-4-6-14(7-5-13)8-9-15(17)10-11-16-3-2-12-18-16/h2-7,10-12H,1H3/b11-10+. The third-order valence-electron chi connectivity index (χ3n) is 2.32. The number of benzene rings is 1. The average molecular weight is 252 g/mol. The van der Waals surface area contributed by atoms with Crippen molar-refractivity contribution >= 4 is 23.2 Å². The van der Waals surface area contributed by atoms with Gasteiger partial charge in [0, 0.05) is 10.4 Å². The molecule has 0 aliphatic carbocycles. The van der Waals surface area contributed by atoms with Gasteiger partial charge in [0.2, 0.25) is 5.78 Å². The summed E-state index contributed by atoms with van der Waals surface area (Å²) >= 11 is 1.59. The molecule has 0 amide bonds. The maximum Gasteiger partial charge on any atom is 0.229 e. The number of allylic oxidation sites excluding steroid dienone is 1. The van der Waals surface area contributed by atoms with Gasteiger partial charge in [-0.2, -0.15) is 0 Å². The van der Waals surface area contributed by atoms with Crippen LogP contribution >= 0.6 is 11.3 Å². The SMILES string of the molecule is Cc1ccc(C#CC(=O)/C=C/c2cccs2)cc1. The largest absolute Gasteiger partial charge is 0.280 e. The van der Waals surface area contributed by atoms with Gasteiger partial charge in [-0.1, -0.05) is 29.7 Å². The molecule has 1 aromatic heterocycles. The van der Waals surface area contributed by atoms with Gasteiger partial charge in [0.25, 0.3) is 0 Å². The number of ketones is 1. The van der Waals surface area contributed by atoms with Crippen molar-refractivity contribution in [2.45, 2.75) is 6.92 Å². The second-order valence-electron chi connectivity index (χ2n) is 3.83.